The Hall–Kier alpha value is -0.890. The summed E-state index contributed by atoms with van der Waals surface area (Å²) in [5.74, 6) is 0.700. The molecular formula is C16H24FN. The Morgan fingerprint density at radius 3 is 2.94 bits per heavy atom. The molecule has 0 fully saturated rings. The first-order valence-corrected chi connectivity index (χ1v) is 7.18. The Labute approximate surface area is 110 Å². The zero-order valence-corrected chi connectivity index (χ0v) is 11.5. The van der Waals surface area contributed by atoms with Crippen LogP contribution in [0.2, 0.25) is 0 Å². The highest BCUT2D eigenvalue weighted by Crippen LogP contribution is 2.31. The monoisotopic (exact) mass is 249 g/mol. The Morgan fingerprint density at radius 2 is 2.17 bits per heavy atom. The van der Waals surface area contributed by atoms with Gasteiger partial charge < -0.3 is 5.32 Å². The van der Waals surface area contributed by atoms with Gasteiger partial charge in [0, 0.05) is 6.04 Å². The molecule has 1 N–H and O–H groups in total. The number of halogens is 1. The molecule has 0 aromatic heterocycles. The van der Waals surface area contributed by atoms with E-state index in [1.54, 1.807) is 12.1 Å². The Kier molecular flexibility index (Phi) is 4.76. The average Bonchev–Trinajstić information content (AvgIpc) is 2.70. The van der Waals surface area contributed by atoms with Crippen LogP contribution < -0.4 is 5.32 Å². The summed E-state index contributed by atoms with van der Waals surface area (Å²) < 4.78 is 13.1. The number of unbranched alkanes of at least 4 members (excludes halogenated alkanes) is 1. The number of benzene rings is 1. The Balaban J connectivity index is 1.76. The highest BCUT2D eigenvalue weighted by Gasteiger charge is 2.21. The third-order valence-corrected chi connectivity index (χ3v) is 3.78. The lowest BCUT2D eigenvalue weighted by molar-refractivity contribution is 0.482. The lowest BCUT2D eigenvalue weighted by Gasteiger charge is -2.14. The summed E-state index contributed by atoms with van der Waals surface area (Å²) in [4.78, 5) is 0. The quantitative estimate of drug-likeness (QED) is 0.744. The molecule has 1 aliphatic rings. The van der Waals surface area contributed by atoms with Crippen molar-refractivity contribution in [3.05, 3.63) is 35.1 Å². The molecule has 2 heteroatoms. The smallest absolute Gasteiger partial charge is 0.123 e. The van der Waals surface area contributed by atoms with E-state index in [1.807, 2.05) is 6.07 Å². The first-order chi connectivity index (χ1) is 8.66. The average molecular weight is 249 g/mol. The molecule has 0 bridgehead atoms. The van der Waals surface area contributed by atoms with Gasteiger partial charge in [-0.2, -0.15) is 0 Å². The van der Waals surface area contributed by atoms with Gasteiger partial charge in [-0.05, 0) is 55.0 Å². The molecule has 1 aromatic carbocycles. The second-order valence-corrected chi connectivity index (χ2v) is 5.78. The summed E-state index contributed by atoms with van der Waals surface area (Å²) in [6.07, 6.45) is 5.98. The molecule has 0 aliphatic heterocycles. The van der Waals surface area contributed by atoms with Gasteiger partial charge in [-0.3, -0.25) is 0 Å². The van der Waals surface area contributed by atoms with Gasteiger partial charge in [-0.15, -0.1) is 0 Å². The zero-order valence-electron chi connectivity index (χ0n) is 11.5. The molecule has 1 aromatic rings. The van der Waals surface area contributed by atoms with E-state index in [1.165, 1.54) is 30.4 Å². The molecule has 18 heavy (non-hydrogen) atoms. The minimum atomic E-state index is -0.105. The second kappa shape index (κ2) is 6.33. The lowest BCUT2D eigenvalue weighted by Crippen LogP contribution is -2.20. The van der Waals surface area contributed by atoms with Crippen molar-refractivity contribution in [2.45, 2.75) is 52.0 Å². The molecule has 0 radical (unpaired) electrons. The molecule has 0 spiro atoms. The van der Waals surface area contributed by atoms with Gasteiger partial charge in [0.2, 0.25) is 0 Å². The number of fused-ring (bicyclic) bond motifs is 1. The van der Waals surface area contributed by atoms with Gasteiger partial charge in [0.1, 0.15) is 5.82 Å². The fourth-order valence-electron chi connectivity index (χ4n) is 2.75. The Bertz CT molecular complexity index is 387. The van der Waals surface area contributed by atoms with Crippen molar-refractivity contribution in [1.29, 1.82) is 0 Å². The van der Waals surface area contributed by atoms with Crippen molar-refractivity contribution >= 4 is 0 Å². The number of nitrogens with one attached hydrogen (secondary N) is 1. The van der Waals surface area contributed by atoms with E-state index in [0.717, 1.165) is 25.3 Å². The summed E-state index contributed by atoms with van der Waals surface area (Å²) in [6.45, 7) is 5.62. The fraction of sp³-hybridized carbons (Fsp3) is 0.625. The van der Waals surface area contributed by atoms with Crippen molar-refractivity contribution in [1.82, 2.24) is 5.32 Å². The molecule has 1 atom stereocenters. The van der Waals surface area contributed by atoms with E-state index < -0.39 is 0 Å². The first kappa shape index (κ1) is 13.5. The van der Waals surface area contributed by atoms with E-state index in [4.69, 9.17) is 0 Å². The third-order valence-electron chi connectivity index (χ3n) is 3.78. The van der Waals surface area contributed by atoms with Crippen molar-refractivity contribution in [2.75, 3.05) is 6.54 Å². The van der Waals surface area contributed by atoms with E-state index in [-0.39, 0.29) is 5.82 Å². The first-order valence-electron chi connectivity index (χ1n) is 7.18. The number of aryl methyl sites for hydroxylation is 1. The van der Waals surface area contributed by atoms with Gasteiger partial charge in [0.25, 0.3) is 0 Å². The highest BCUT2D eigenvalue weighted by atomic mass is 19.1. The SMILES string of the molecule is CC(C)CCCCNC1CCc2cc(F)ccc21. The van der Waals surface area contributed by atoms with Gasteiger partial charge in [-0.1, -0.05) is 32.8 Å². The van der Waals surface area contributed by atoms with Crippen LogP contribution in [0.5, 0.6) is 0 Å². The summed E-state index contributed by atoms with van der Waals surface area (Å²) >= 11 is 0. The maximum Gasteiger partial charge on any atom is 0.123 e. The Morgan fingerprint density at radius 1 is 1.33 bits per heavy atom. The van der Waals surface area contributed by atoms with Crippen LogP contribution in [0.1, 0.15) is 56.7 Å². The summed E-state index contributed by atoms with van der Waals surface area (Å²) in [7, 11) is 0. The topological polar surface area (TPSA) is 12.0 Å². The fourth-order valence-corrected chi connectivity index (χ4v) is 2.75. The van der Waals surface area contributed by atoms with Crippen molar-refractivity contribution in [3.63, 3.8) is 0 Å². The molecule has 0 heterocycles. The van der Waals surface area contributed by atoms with Gasteiger partial charge in [0.05, 0.1) is 0 Å². The van der Waals surface area contributed by atoms with Gasteiger partial charge >= 0.3 is 0 Å². The van der Waals surface area contributed by atoms with Gasteiger partial charge in [-0.25, -0.2) is 4.39 Å². The largest absolute Gasteiger partial charge is 0.310 e. The molecule has 1 nitrogen and oxygen atoms in total. The lowest BCUT2D eigenvalue weighted by atomic mass is 10.1. The number of rotatable bonds is 6. The van der Waals surface area contributed by atoms with Gasteiger partial charge in [0.15, 0.2) is 0 Å². The third kappa shape index (κ3) is 3.55. The van der Waals surface area contributed by atoms with Crippen LogP contribution >= 0.6 is 0 Å². The molecule has 0 saturated carbocycles. The summed E-state index contributed by atoms with van der Waals surface area (Å²) in [6, 6.07) is 5.66. The standard InChI is InChI=1S/C16H24FN/c1-12(2)5-3-4-10-18-16-9-6-13-11-14(17)7-8-15(13)16/h7-8,11-12,16,18H,3-6,9-10H2,1-2H3. The van der Waals surface area contributed by atoms with Crippen molar-refractivity contribution in [3.8, 4) is 0 Å². The minimum absolute atomic E-state index is 0.105. The van der Waals surface area contributed by atoms with E-state index in [9.17, 15) is 4.39 Å². The maximum absolute atomic E-state index is 13.1. The molecular weight excluding hydrogens is 225 g/mol. The molecule has 0 amide bonds. The van der Waals surface area contributed by atoms with Crippen LogP contribution in [-0.4, -0.2) is 6.54 Å². The minimum Gasteiger partial charge on any atom is -0.310 e. The van der Waals surface area contributed by atoms with E-state index >= 15 is 0 Å². The summed E-state index contributed by atoms with van der Waals surface area (Å²) in [5, 5.41) is 3.61. The number of hydrogen-bond acceptors (Lipinski definition) is 1. The van der Waals surface area contributed by atoms with Crippen LogP contribution in [0.4, 0.5) is 4.39 Å². The molecule has 2 rings (SSSR count). The molecule has 1 aliphatic carbocycles. The second-order valence-electron chi connectivity index (χ2n) is 5.78. The van der Waals surface area contributed by atoms with Crippen LogP contribution in [0.3, 0.4) is 0 Å². The predicted octanol–water partition coefficient (Wildman–Crippen LogP) is 4.23. The van der Waals surface area contributed by atoms with E-state index in [2.05, 4.69) is 19.2 Å². The molecule has 100 valence electrons. The maximum atomic E-state index is 13.1. The van der Waals surface area contributed by atoms with Crippen LogP contribution in [0.25, 0.3) is 0 Å². The van der Waals surface area contributed by atoms with E-state index in [0.29, 0.717) is 6.04 Å². The predicted molar refractivity (Wildman–Crippen MR) is 74.2 cm³/mol. The summed E-state index contributed by atoms with van der Waals surface area (Å²) in [5.41, 5.74) is 2.50. The van der Waals surface area contributed by atoms with Crippen LogP contribution in [0.15, 0.2) is 18.2 Å². The van der Waals surface area contributed by atoms with Crippen molar-refractivity contribution in [2.24, 2.45) is 5.92 Å². The molecule has 0 saturated heterocycles. The normalized spacial score (nSPS) is 18.3. The van der Waals surface area contributed by atoms with Crippen LogP contribution in [0, 0.1) is 11.7 Å². The highest BCUT2D eigenvalue weighted by molar-refractivity contribution is 5.34. The molecule has 1 unspecified atom stereocenters. The van der Waals surface area contributed by atoms with Crippen molar-refractivity contribution < 1.29 is 4.39 Å². The van der Waals surface area contributed by atoms with Crippen LogP contribution in [-0.2, 0) is 6.42 Å². The zero-order chi connectivity index (χ0) is 13.0. The number of hydrogen-bond donors (Lipinski definition) is 1.